The number of benzene rings is 2. The molecule has 0 fully saturated rings. The first-order valence-electron chi connectivity index (χ1n) is 10.1. The fourth-order valence-electron chi connectivity index (χ4n) is 4.09. The van der Waals surface area contributed by atoms with Crippen molar-refractivity contribution in [2.75, 3.05) is 0 Å². The minimum atomic E-state index is -0.00482. The molecular formula is C25H23N3OS. The molecule has 0 aliphatic heterocycles. The maximum absolute atomic E-state index is 13.1. The number of imidazole rings is 1. The maximum Gasteiger partial charge on any atom is 0.274 e. The van der Waals surface area contributed by atoms with E-state index in [4.69, 9.17) is 0 Å². The number of fused-ring (bicyclic) bond motifs is 3. The lowest BCUT2D eigenvalue weighted by Crippen LogP contribution is -2.22. The first-order chi connectivity index (χ1) is 14.4. The van der Waals surface area contributed by atoms with Crippen LogP contribution in [0.4, 0.5) is 0 Å². The predicted molar refractivity (Wildman–Crippen MR) is 125 cm³/mol. The van der Waals surface area contributed by atoms with Gasteiger partial charge in [-0.3, -0.25) is 4.79 Å². The number of aromatic nitrogens is 3. The van der Waals surface area contributed by atoms with Crippen LogP contribution in [0, 0.1) is 13.8 Å². The van der Waals surface area contributed by atoms with Crippen LogP contribution in [0.3, 0.4) is 0 Å². The number of para-hydroxylation sites is 2. The molecule has 0 unspecified atom stereocenters. The molecule has 4 nitrogen and oxygen atoms in total. The second-order valence-corrected chi connectivity index (χ2v) is 9.05. The first-order valence-corrected chi connectivity index (χ1v) is 11.0. The normalized spacial score (nSPS) is 12.6. The Morgan fingerprint density at radius 1 is 1.03 bits per heavy atom. The summed E-state index contributed by atoms with van der Waals surface area (Å²) < 4.78 is 4.67. The molecule has 5 rings (SSSR count). The van der Waals surface area contributed by atoms with Crippen molar-refractivity contribution in [2.24, 2.45) is 0 Å². The summed E-state index contributed by atoms with van der Waals surface area (Å²) in [6, 6.07) is 18.6. The summed E-state index contributed by atoms with van der Waals surface area (Å²) >= 11 is 1.44. The van der Waals surface area contributed by atoms with Crippen molar-refractivity contribution >= 4 is 33.4 Å². The fourth-order valence-corrected chi connectivity index (χ4v) is 5.07. The quantitative estimate of drug-likeness (QED) is 0.418. The second kappa shape index (κ2) is 6.96. The van der Waals surface area contributed by atoms with Gasteiger partial charge in [0.15, 0.2) is 4.96 Å². The average molecular weight is 414 g/mol. The zero-order valence-corrected chi connectivity index (χ0v) is 18.3. The monoisotopic (exact) mass is 413 g/mol. The Morgan fingerprint density at radius 3 is 2.50 bits per heavy atom. The summed E-state index contributed by atoms with van der Waals surface area (Å²) in [7, 11) is 0. The Morgan fingerprint density at radius 2 is 1.77 bits per heavy atom. The van der Waals surface area contributed by atoms with Crippen molar-refractivity contribution in [3.05, 3.63) is 92.0 Å². The van der Waals surface area contributed by atoms with Crippen LogP contribution < -0.4 is 10.1 Å². The third-order valence-corrected chi connectivity index (χ3v) is 6.69. The van der Waals surface area contributed by atoms with Crippen molar-refractivity contribution in [1.29, 1.82) is 0 Å². The molecule has 0 atom stereocenters. The van der Waals surface area contributed by atoms with Crippen LogP contribution in [0.15, 0.2) is 59.4 Å². The van der Waals surface area contributed by atoms with Crippen molar-refractivity contribution in [1.82, 2.24) is 14.0 Å². The van der Waals surface area contributed by atoms with Gasteiger partial charge in [0.2, 0.25) is 0 Å². The highest BCUT2D eigenvalue weighted by atomic mass is 32.1. The highest BCUT2D eigenvalue weighted by Crippen LogP contribution is 2.24. The number of nitrogens with zero attached hydrogens (tertiary/aromatic N) is 3. The molecule has 0 radical (unpaired) electrons. The summed E-state index contributed by atoms with van der Waals surface area (Å²) in [6.45, 7) is 8.62. The zero-order valence-electron chi connectivity index (χ0n) is 17.5. The van der Waals surface area contributed by atoms with Crippen LogP contribution in [-0.4, -0.2) is 14.0 Å². The molecule has 0 saturated heterocycles. The zero-order chi connectivity index (χ0) is 21.0. The van der Waals surface area contributed by atoms with Crippen LogP contribution >= 0.6 is 11.3 Å². The van der Waals surface area contributed by atoms with E-state index in [1.54, 1.807) is 4.40 Å². The van der Waals surface area contributed by atoms with Crippen LogP contribution in [0.5, 0.6) is 0 Å². The van der Waals surface area contributed by atoms with Gasteiger partial charge in [-0.25, -0.2) is 9.38 Å². The lowest BCUT2D eigenvalue weighted by Gasteiger charge is -2.12. The first kappa shape index (κ1) is 18.8. The summed E-state index contributed by atoms with van der Waals surface area (Å²) in [4.78, 5) is 18.4. The summed E-state index contributed by atoms with van der Waals surface area (Å²) in [5.41, 5.74) is 7.53. The Balaban J connectivity index is 1.64. The Hall–Kier alpha value is -3.18. The van der Waals surface area contributed by atoms with E-state index in [1.807, 2.05) is 30.3 Å². The fraction of sp³-hybridized carbons (Fsp3) is 0.200. The van der Waals surface area contributed by atoms with Gasteiger partial charge in [-0.05, 0) is 67.3 Å². The highest BCUT2D eigenvalue weighted by molar-refractivity contribution is 7.15. The summed E-state index contributed by atoms with van der Waals surface area (Å²) in [5, 5.41) is 0. The molecule has 5 aromatic rings. The predicted octanol–water partition coefficient (Wildman–Crippen LogP) is 4.99. The SMILES string of the molecule is Cc1cc(C=c2sc3nc4ccccc4n3c2=O)c(C)n1-c1ccc(C(C)C)cc1. The topological polar surface area (TPSA) is 39.3 Å². The molecule has 0 N–H and O–H groups in total. The molecular weight excluding hydrogens is 390 g/mol. The molecule has 30 heavy (non-hydrogen) atoms. The van der Waals surface area contributed by atoms with Gasteiger partial charge in [-0.15, -0.1) is 0 Å². The van der Waals surface area contributed by atoms with Crippen molar-refractivity contribution in [2.45, 2.75) is 33.6 Å². The number of hydrogen-bond acceptors (Lipinski definition) is 3. The molecule has 0 aliphatic rings. The van der Waals surface area contributed by atoms with Gasteiger partial charge in [0.1, 0.15) is 0 Å². The van der Waals surface area contributed by atoms with Crippen molar-refractivity contribution in [3.8, 4) is 5.69 Å². The van der Waals surface area contributed by atoms with E-state index in [-0.39, 0.29) is 5.56 Å². The van der Waals surface area contributed by atoms with E-state index in [0.717, 1.165) is 38.6 Å². The highest BCUT2D eigenvalue weighted by Gasteiger charge is 2.13. The average Bonchev–Trinajstić information content (AvgIpc) is 3.33. The minimum Gasteiger partial charge on any atom is -0.318 e. The summed E-state index contributed by atoms with van der Waals surface area (Å²) in [5.74, 6) is 0.513. The smallest absolute Gasteiger partial charge is 0.274 e. The van der Waals surface area contributed by atoms with E-state index in [0.29, 0.717) is 10.5 Å². The van der Waals surface area contributed by atoms with Crippen LogP contribution in [0.2, 0.25) is 0 Å². The Kier molecular flexibility index (Phi) is 4.36. The summed E-state index contributed by atoms with van der Waals surface area (Å²) in [6.07, 6.45) is 2.00. The van der Waals surface area contributed by atoms with E-state index in [1.165, 1.54) is 16.9 Å². The molecule has 5 heteroatoms. The second-order valence-electron chi connectivity index (χ2n) is 8.04. The maximum atomic E-state index is 13.1. The van der Waals surface area contributed by atoms with Crippen molar-refractivity contribution < 1.29 is 0 Å². The molecule has 0 aliphatic carbocycles. The lowest BCUT2D eigenvalue weighted by atomic mass is 10.0. The van der Waals surface area contributed by atoms with Gasteiger partial charge >= 0.3 is 0 Å². The van der Waals surface area contributed by atoms with Gasteiger partial charge in [0.05, 0.1) is 15.6 Å². The Bertz CT molecular complexity index is 1500. The lowest BCUT2D eigenvalue weighted by molar-refractivity contribution is 0.863. The molecule has 0 saturated carbocycles. The molecule has 3 aromatic heterocycles. The van der Waals surface area contributed by atoms with E-state index in [9.17, 15) is 4.79 Å². The van der Waals surface area contributed by atoms with Gasteiger partial charge in [-0.1, -0.05) is 49.4 Å². The number of aryl methyl sites for hydroxylation is 1. The molecule has 150 valence electrons. The van der Waals surface area contributed by atoms with E-state index >= 15 is 0 Å². The molecule has 2 aromatic carbocycles. The number of hydrogen-bond donors (Lipinski definition) is 0. The molecule has 3 heterocycles. The number of thiazole rings is 1. The van der Waals surface area contributed by atoms with Gasteiger partial charge < -0.3 is 4.57 Å². The van der Waals surface area contributed by atoms with E-state index < -0.39 is 0 Å². The van der Waals surface area contributed by atoms with Crippen molar-refractivity contribution in [3.63, 3.8) is 0 Å². The van der Waals surface area contributed by atoms with Crippen LogP contribution in [0.1, 0.15) is 42.3 Å². The Labute approximate surface area is 178 Å². The molecule has 0 bridgehead atoms. The standard InChI is InChI=1S/C25H23N3OS/c1-15(2)18-9-11-20(12-10-18)27-16(3)13-19(17(27)4)14-23-24(29)28-22-8-6-5-7-21(22)26-25(28)30-23/h5-15H,1-4H3. The van der Waals surface area contributed by atoms with Gasteiger partial charge in [0.25, 0.3) is 5.56 Å². The van der Waals surface area contributed by atoms with Gasteiger partial charge in [-0.2, -0.15) is 0 Å². The van der Waals surface area contributed by atoms with Crippen LogP contribution in [-0.2, 0) is 0 Å². The van der Waals surface area contributed by atoms with Gasteiger partial charge in [0, 0.05) is 17.1 Å². The largest absolute Gasteiger partial charge is 0.318 e. The molecule has 0 amide bonds. The minimum absolute atomic E-state index is 0.00482. The molecule has 0 spiro atoms. The van der Waals surface area contributed by atoms with E-state index in [2.05, 4.69) is 67.6 Å². The third kappa shape index (κ3) is 2.89. The number of rotatable bonds is 3. The van der Waals surface area contributed by atoms with Crippen LogP contribution in [0.25, 0.3) is 27.8 Å². The third-order valence-electron chi connectivity index (χ3n) is 5.72.